The first-order valence-electron chi connectivity index (χ1n) is 8.27. The van der Waals surface area contributed by atoms with Gasteiger partial charge in [-0.05, 0) is 25.0 Å². The van der Waals surface area contributed by atoms with Crippen LogP contribution in [0.25, 0.3) is 11.5 Å². The molecule has 0 radical (unpaired) electrons. The molecular formula is C17H18N6O2. The van der Waals surface area contributed by atoms with Gasteiger partial charge in [-0.15, -0.1) is 5.10 Å². The molecule has 1 atom stereocenters. The standard InChI is InChI=1S/C17H18N6O2/c1-12-18-16(20-25-12)15-11-23(21-19-15)14-8-5-9-22(10-14)17(24)13-6-3-2-4-7-13/h2-4,6-7,11,14H,5,8-10H2,1H3. The molecule has 1 amide bonds. The van der Waals surface area contributed by atoms with Crippen LogP contribution in [0.4, 0.5) is 0 Å². The van der Waals surface area contributed by atoms with Crippen molar-refractivity contribution in [2.24, 2.45) is 0 Å². The minimum atomic E-state index is 0.0550. The molecule has 0 bridgehead atoms. The number of benzene rings is 1. The van der Waals surface area contributed by atoms with E-state index in [1.807, 2.05) is 41.4 Å². The second kappa shape index (κ2) is 6.46. The van der Waals surface area contributed by atoms with Crippen molar-refractivity contribution >= 4 is 5.91 Å². The Bertz CT molecular complexity index is 872. The summed E-state index contributed by atoms with van der Waals surface area (Å²) in [4.78, 5) is 18.7. The molecule has 128 valence electrons. The molecule has 0 spiro atoms. The van der Waals surface area contributed by atoms with Crippen LogP contribution in [0.1, 0.15) is 35.1 Å². The van der Waals surface area contributed by atoms with Gasteiger partial charge in [0, 0.05) is 25.6 Å². The molecule has 8 heteroatoms. The highest BCUT2D eigenvalue weighted by molar-refractivity contribution is 5.94. The summed E-state index contributed by atoms with van der Waals surface area (Å²) in [5, 5.41) is 12.2. The molecule has 0 aliphatic carbocycles. The molecule has 3 aromatic rings. The number of carbonyl (C=O) groups is 1. The van der Waals surface area contributed by atoms with Crippen LogP contribution in [-0.4, -0.2) is 49.0 Å². The Hall–Kier alpha value is -3.03. The van der Waals surface area contributed by atoms with Crippen molar-refractivity contribution in [3.8, 4) is 11.5 Å². The predicted molar refractivity (Wildman–Crippen MR) is 88.7 cm³/mol. The molecule has 1 aliphatic heterocycles. The van der Waals surface area contributed by atoms with Gasteiger partial charge in [0.1, 0.15) is 0 Å². The third-order valence-electron chi connectivity index (χ3n) is 4.35. The quantitative estimate of drug-likeness (QED) is 0.726. The summed E-state index contributed by atoms with van der Waals surface area (Å²) >= 11 is 0. The topological polar surface area (TPSA) is 89.9 Å². The normalized spacial score (nSPS) is 17.6. The van der Waals surface area contributed by atoms with Crippen LogP contribution in [0.15, 0.2) is 41.1 Å². The van der Waals surface area contributed by atoms with Gasteiger partial charge < -0.3 is 9.42 Å². The molecule has 3 heterocycles. The van der Waals surface area contributed by atoms with Crippen molar-refractivity contribution in [2.45, 2.75) is 25.8 Å². The van der Waals surface area contributed by atoms with Gasteiger partial charge in [-0.1, -0.05) is 28.6 Å². The van der Waals surface area contributed by atoms with Crippen molar-refractivity contribution < 1.29 is 9.32 Å². The van der Waals surface area contributed by atoms with Gasteiger partial charge in [-0.25, -0.2) is 4.68 Å². The van der Waals surface area contributed by atoms with E-state index >= 15 is 0 Å². The minimum Gasteiger partial charge on any atom is -0.339 e. The van der Waals surface area contributed by atoms with E-state index in [-0.39, 0.29) is 11.9 Å². The maximum absolute atomic E-state index is 12.7. The predicted octanol–water partition coefficient (Wildman–Crippen LogP) is 2.11. The van der Waals surface area contributed by atoms with Gasteiger partial charge in [-0.3, -0.25) is 4.79 Å². The van der Waals surface area contributed by atoms with Crippen LogP contribution >= 0.6 is 0 Å². The Balaban J connectivity index is 1.50. The third kappa shape index (κ3) is 3.15. The number of aromatic nitrogens is 5. The molecule has 8 nitrogen and oxygen atoms in total. The summed E-state index contributed by atoms with van der Waals surface area (Å²) in [7, 11) is 0. The molecule has 2 aromatic heterocycles. The molecule has 0 N–H and O–H groups in total. The largest absolute Gasteiger partial charge is 0.339 e. The molecule has 1 aliphatic rings. The zero-order chi connectivity index (χ0) is 17.2. The number of piperidine rings is 1. The molecular weight excluding hydrogens is 320 g/mol. The number of hydrogen-bond donors (Lipinski definition) is 0. The number of aryl methyl sites for hydroxylation is 1. The third-order valence-corrected chi connectivity index (χ3v) is 4.35. The van der Waals surface area contributed by atoms with Crippen LogP contribution in [0.5, 0.6) is 0 Å². The van der Waals surface area contributed by atoms with Crippen molar-refractivity contribution in [2.75, 3.05) is 13.1 Å². The summed E-state index contributed by atoms with van der Waals surface area (Å²) in [6.07, 6.45) is 3.69. The van der Waals surface area contributed by atoms with Crippen molar-refractivity contribution in [3.63, 3.8) is 0 Å². The fourth-order valence-corrected chi connectivity index (χ4v) is 3.08. The van der Waals surface area contributed by atoms with Crippen molar-refractivity contribution in [3.05, 3.63) is 48.0 Å². The summed E-state index contributed by atoms with van der Waals surface area (Å²) in [5.41, 5.74) is 1.29. The number of nitrogens with zero attached hydrogens (tertiary/aromatic N) is 6. The van der Waals surface area contributed by atoms with Gasteiger partial charge >= 0.3 is 0 Å². The van der Waals surface area contributed by atoms with Gasteiger partial charge in [0.15, 0.2) is 5.69 Å². The van der Waals surface area contributed by atoms with Crippen molar-refractivity contribution in [1.82, 2.24) is 30.0 Å². The maximum Gasteiger partial charge on any atom is 0.253 e. The number of hydrogen-bond acceptors (Lipinski definition) is 6. The molecule has 4 rings (SSSR count). The Morgan fingerprint density at radius 1 is 1.28 bits per heavy atom. The molecule has 1 fully saturated rings. The van der Waals surface area contributed by atoms with Crippen molar-refractivity contribution in [1.29, 1.82) is 0 Å². The Labute approximate surface area is 144 Å². The lowest BCUT2D eigenvalue weighted by atomic mass is 10.0. The first kappa shape index (κ1) is 15.5. The molecule has 25 heavy (non-hydrogen) atoms. The van der Waals surface area contributed by atoms with Crippen LogP contribution in [-0.2, 0) is 0 Å². The zero-order valence-corrected chi connectivity index (χ0v) is 13.9. The first-order chi connectivity index (χ1) is 12.2. The molecule has 1 saturated heterocycles. The summed E-state index contributed by atoms with van der Waals surface area (Å²) < 4.78 is 6.78. The van der Waals surface area contributed by atoms with E-state index < -0.39 is 0 Å². The van der Waals surface area contributed by atoms with Gasteiger partial charge in [0.2, 0.25) is 11.7 Å². The minimum absolute atomic E-state index is 0.0550. The highest BCUT2D eigenvalue weighted by Crippen LogP contribution is 2.23. The monoisotopic (exact) mass is 338 g/mol. The summed E-state index contributed by atoms with van der Waals surface area (Å²) in [6.45, 7) is 3.10. The Morgan fingerprint density at radius 3 is 2.88 bits per heavy atom. The van der Waals surface area contributed by atoms with Gasteiger partial charge in [0.05, 0.1) is 12.2 Å². The van der Waals surface area contributed by atoms with Crippen LogP contribution in [0, 0.1) is 6.92 Å². The van der Waals surface area contributed by atoms with E-state index in [4.69, 9.17) is 4.52 Å². The fraction of sp³-hybridized carbons (Fsp3) is 0.353. The van der Waals surface area contributed by atoms with E-state index in [0.29, 0.717) is 29.5 Å². The fourth-order valence-electron chi connectivity index (χ4n) is 3.08. The van der Waals surface area contributed by atoms with E-state index in [1.54, 1.807) is 11.6 Å². The first-order valence-corrected chi connectivity index (χ1v) is 8.27. The highest BCUT2D eigenvalue weighted by atomic mass is 16.5. The number of likely N-dealkylation sites (tertiary alicyclic amines) is 1. The smallest absolute Gasteiger partial charge is 0.253 e. The van der Waals surface area contributed by atoms with E-state index in [9.17, 15) is 4.79 Å². The van der Waals surface area contributed by atoms with E-state index in [1.165, 1.54) is 0 Å². The summed E-state index contributed by atoms with van der Waals surface area (Å²) in [5.74, 6) is 0.970. The zero-order valence-electron chi connectivity index (χ0n) is 13.9. The van der Waals surface area contributed by atoms with E-state index in [2.05, 4.69) is 20.5 Å². The van der Waals surface area contributed by atoms with Crippen LogP contribution in [0.3, 0.4) is 0 Å². The Morgan fingerprint density at radius 2 is 2.12 bits per heavy atom. The highest BCUT2D eigenvalue weighted by Gasteiger charge is 2.26. The van der Waals surface area contributed by atoms with Crippen LogP contribution < -0.4 is 0 Å². The van der Waals surface area contributed by atoms with Gasteiger partial charge in [0.25, 0.3) is 5.91 Å². The summed E-state index contributed by atoms with van der Waals surface area (Å²) in [6, 6.07) is 9.45. The second-order valence-electron chi connectivity index (χ2n) is 6.13. The lowest BCUT2D eigenvalue weighted by Crippen LogP contribution is -2.40. The lowest BCUT2D eigenvalue weighted by molar-refractivity contribution is 0.0672. The SMILES string of the molecule is Cc1nc(-c2cn(C3CCCN(C(=O)c4ccccc4)C3)nn2)no1. The number of amides is 1. The van der Waals surface area contributed by atoms with Gasteiger partial charge in [-0.2, -0.15) is 4.98 Å². The second-order valence-corrected chi connectivity index (χ2v) is 6.13. The average molecular weight is 338 g/mol. The lowest BCUT2D eigenvalue weighted by Gasteiger charge is -2.32. The number of carbonyl (C=O) groups excluding carboxylic acids is 1. The molecule has 1 aromatic carbocycles. The molecule has 0 saturated carbocycles. The average Bonchev–Trinajstić information content (AvgIpc) is 3.31. The van der Waals surface area contributed by atoms with E-state index in [0.717, 1.165) is 19.4 Å². The Kier molecular flexibility index (Phi) is 4.01. The number of rotatable bonds is 3. The maximum atomic E-state index is 12.7. The molecule has 1 unspecified atom stereocenters. The van der Waals surface area contributed by atoms with Crippen LogP contribution in [0.2, 0.25) is 0 Å².